The van der Waals surface area contributed by atoms with Crippen molar-refractivity contribution in [2.45, 2.75) is 13.2 Å². The number of anilines is 1. The van der Waals surface area contributed by atoms with E-state index in [9.17, 15) is 8.78 Å². The summed E-state index contributed by atoms with van der Waals surface area (Å²) in [5.74, 6) is 0.442. The van der Waals surface area contributed by atoms with Crippen LogP contribution in [-0.4, -0.2) is 16.8 Å². The molecule has 2 heterocycles. The molecule has 8 heteroatoms. The van der Waals surface area contributed by atoms with Crippen molar-refractivity contribution in [1.29, 1.82) is 0 Å². The molecule has 0 atom stereocenters. The molecular formula is C19H15F2N3O3. The lowest BCUT2D eigenvalue weighted by Gasteiger charge is -2.09. The predicted octanol–water partition coefficient (Wildman–Crippen LogP) is 3.67. The van der Waals surface area contributed by atoms with Gasteiger partial charge in [-0.2, -0.15) is 4.98 Å². The maximum atomic E-state index is 14.0. The van der Waals surface area contributed by atoms with Crippen molar-refractivity contribution >= 4 is 5.82 Å². The van der Waals surface area contributed by atoms with E-state index in [4.69, 9.17) is 14.2 Å². The van der Waals surface area contributed by atoms with Crippen molar-refractivity contribution in [2.75, 3.05) is 12.1 Å². The van der Waals surface area contributed by atoms with E-state index in [0.717, 1.165) is 17.3 Å². The molecule has 3 aromatic rings. The van der Waals surface area contributed by atoms with Gasteiger partial charge in [-0.3, -0.25) is 0 Å². The summed E-state index contributed by atoms with van der Waals surface area (Å²) >= 11 is 0. The fraction of sp³-hybridized carbons (Fsp3) is 0.158. The van der Waals surface area contributed by atoms with Gasteiger partial charge in [-0.25, -0.2) is 13.8 Å². The summed E-state index contributed by atoms with van der Waals surface area (Å²) in [4.78, 5) is 7.86. The molecule has 4 rings (SSSR count). The molecule has 0 radical (unpaired) electrons. The predicted molar refractivity (Wildman–Crippen MR) is 92.6 cm³/mol. The van der Waals surface area contributed by atoms with Crippen LogP contribution in [0.4, 0.5) is 14.6 Å². The number of aromatic nitrogens is 2. The molecule has 0 saturated carbocycles. The zero-order valence-electron chi connectivity index (χ0n) is 14.1. The van der Waals surface area contributed by atoms with Crippen LogP contribution in [0, 0.1) is 11.6 Å². The standard InChI is InChI=1S/C19H15F2N3O3/c20-14-4-1-12(2-5-14)10-25-19-23-9-15(21)18(24-19)22-8-13-3-6-16-17(7-13)27-11-26-16/h1-7,9H,8,10-11H2,(H,22,23,24). The summed E-state index contributed by atoms with van der Waals surface area (Å²) in [6.45, 7) is 0.678. The van der Waals surface area contributed by atoms with Gasteiger partial charge in [0.15, 0.2) is 23.1 Å². The highest BCUT2D eigenvalue weighted by Gasteiger charge is 2.14. The Morgan fingerprint density at radius 1 is 1.00 bits per heavy atom. The minimum Gasteiger partial charge on any atom is -0.459 e. The minimum absolute atomic E-state index is 0.0221. The Morgan fingerprint density at radius 3 is 2.63 bits per heavy atom. The maximum Gasteiger partial charge on any atom is 0.318 e. The monoisotopic (exact) mass is 371 g/mol. The lowest BCUT2D eigenvalue weighted by molar-refractivity contribution is 0.174. The van der Waals surface area contributed by atoms with Gasteiger partial charge in [0.25, 0.3) is 0 Å². The molecule has 0 aliphatic carbocycles. The molecule has 27 heavy (non-hydrogen) atoms. The van der Waals surface area contributed by atoms with Crippen LogP contribution in [0.2, 0.25) is 0 Å². The van der Waals surface area contributed by atoms with Gasteiger partial charge >= 0.3 is 6.01 Å². The Hall–Kier alpha value is -3.42. The first-order chi connectivity index (χ1) is 13.2. The molecule has 1 N–H and O–H groups in total. The minimum atomic E-state index is -0.593. The highest BCUT2D eigenvalue weighted by Crippen LogP contribution is 2.32. The lowest BCUT2D eigenvalue weighted by Crippen LogP contribution is -2.07. The van der Waals surface area contributed by atoms with Crippen LogP contribution in [0.15, 0.2) is 48.7 Å². The van der Waals surface area contributed by atoms with E-state index < -0.39 is 5.82 Å². The number of halogens is 2. The Labute approximate surface area is 153 Å². The Morgan fingerprint density at radius 2 is 1.78 bits per heavy atom. The van der Waals surface area contributed by atoms with Crippen LogP contribution in [0.1, 0.15) is 11.1 Å². The topological polar surface area (TPSA) is 65.5 Å². The third-order valence-electron chi connectivity index (χ3n) is 3.90. The number of rotatable bonds is 6. The van der Waals surface area contributed by atoms with E-state index in [1.54, 1.807) is 18.2 Å². The summed E-state index contributed by atoms with van der Waals surface area (Å²) in [7, 11) is 0. The molecule has 0 spiro atoms. The second-order valence-corrected chi connectivity index (χ2v) is 5.81. The Balaban J connectivity index is 1.40. The molecule has 0 unspecified atom stereocenters. The summed E-state index contributed by atoms with van der Waals surface area (Å²) in [6.07, 6.45) is 1.04. The van der Waals surface area contributed by atoms with Crippen molar-refractivity contribution in [3.8, 4) is 17.5 Å². The van der Waals surface area contributed by atoms with Gasteiger partial charge in [0.1, 0.15) is 12.4 Å². The van der Waals surface area contributed by atoms with Crippen LogP contribution in [0.25, 0.3) is 0 Å². The van der Waals surface area contributed by atoms with E-state index >= 15 is 0 Å². The number of hydrogen-bond acceptors (Lipinski definition) is 6. The number of ether oxygens (including phenoxy) is 3. The number of fused-ring (bicyclic) bond motifs is 1. The highest BCUT2D eigenvalue weighted by atomic mass is 19.1. The Kier molecular flexibility index (Phi) is 4.69. The van der Waals surface area contributed by atoms with Crippen molar-refractivity contribution in [2.24, 2.45) is 0 Å². The van der Waals surface area contributed by atoms with E-state index in [1.807, 2.05) is 12.1 Å². The SMILES string of the molecule is Fc1ccc(COc2ncc(F)c(NCc3ccc4c(c3)OCO4)n2)cc1. The molecule has 1 aliphatic rings. The van der Waals surface area contributed by atoms with Gasteiger partial charge in [-0.15, -0.1) is 0 Å². The van der Waals surface area contributed by atoms with Crippen molar-refractivity contribution < 1.29 is 23.0 Å². The molecule has 0 bridgehead atoms. The van der Waals surface area contributed by atoms with Crippen LogP contribution >= 0.6 is 0 Å². The maximum absolute atomic E-state index is 14.0. The van der Waals surface area contributed by atoms with E-state index in [-0.39, 0.29) is 31.0 Å². The fourth-order valence-corrected chi connectivity index (χ4v) is 2.51. The van der Waals surface area contributed by atoms with Gasteiger partial charge in [0.05, 0.1) is 6.20 Å². The van der Waals surface area contributed by atoms with Gasteiger partial charge in [-0.05, 0) is 35.4 Å². The molecule has 0 saturated heterocycles. The molecular weight excluding hydrogens is 356 g/mol. The van der Waals surface area contributed by atoms with Crippen LogP contribution in [0.5, 0.6) is 17.5 Å². The average molecular weight is 371 g/mol. The van der Waals surface area contributed by atoms with E-state index in [0.29, 0.717) is 18.0 Å². The normalized spacial score (nSPS) is 12.1. The Bertz CT molecular complexity index is 951. The first kappa shape index (κ1) is 17.0. The summed E-state index contributed by atoms with van der Waals surface area (Å²) in [5, 5.41) is 2.91. The van der Waals surface area contributed by atoms with Gasteiger partial charge < -0.3 is 19.5 Å². The van der Waals surface area contributed by atoms with Crippen molar-refractivity contribution in [1.82, 2.24) is 9.97 Å². The largest absolute Gasteiger partial charge is 0.459 e. The molecule has 0 amide bonds. The highest BCUT2D eigenvalue weighted by molar-refractivity contribution is 5.46. The zero-order chi connectivity index (χ0) is 18.6. The van der Waals surface area contributed by atoms with Crippen LogP contribution < -0.4 is 19.5 Å². The first-order valence-corrected chi connectivity index (χ1v) is 8.19. The van der Waals surface area contributed by atoms with Gasteiger partial charge in [-0.1, -0.05) is 18.2 Å². The van der Waals surface area contributed by atoms with Crippen molar-refractivity contribution in [3.63, 3.8) is 0 Å². The summed E-state index contributed by atoms with van der Waals surface area (Å²) < 4.78 is 42.9. The second-order valence-electron chi connectivity index (χ2n) is 5.81. The molecule has 0 fully saturated rings. The third-order valence-corrected chi connectivity index (χ3v) is 3.90. The molecule has 138 valence electrons. The quantitative estimate of drug-likeness (QED) is 0.713. The number of nitrogens with zero attached hydrogens (tertiary/aromatic N) is 2. The average Bonchev–Trinajstić information content (AvgIpc) is 3.15. The first-order valence-electron chi connectivity index (χ1n) is 8.19. The summed E-state index contributed by atoms with van der Waals surface area (Å²) in [6, 6.07) is 11.4. The van der Waals surface area contributed by atoms with Gasteiger partial charge in [0, 0.05) is 6.54 Å². The number of nitrogens with one attached hydrogen (secondary N) is 1. The van der Waals surface area contributed by atoms with Crippen molar-refractivity contribution in [3.05, 3.63) is 71.4 Å². The third kappa shape index (κ3) is 4.05. The van der Waals surface area contributed by atoms with E-state index in [1.165, 1.54) is 12.1 Å². The fourth-order valence-electron chi connectivity index (χ4n) is 2.51. The number of benzene rings is 2. The zero-order valence-corrected chi connectivity index (χ0v) is 14.1. The van der Waals surface area contributed by atoms with Crippen LogP contribution in [-0.2, 0) is 13.2 Å². The van der Waals surface area contributed by atoms with E-state index in [2.05, 4.69) is 15.3 Å². The molecule has 2 aromatic carbocycles. The molecule has 6 nitrogen and oxygen atoms in total. The smallest absolute Gasteiger partial charge is 0.318 e. The second kappa shape index (κ2) is 7.45. The molecule has 1 aromatic heterocycles. The molecule has 1 aliphatic heterocycles. The van der Waals surface area contributed by atoms with Crippen LogP contribution in [0.3, 0.4) is 0 Å². The lowest BCUT2D eigenvalue weighted by atomic mass is 10.2. The van der Waals surface area contributed by atoms with Gasteiger partial charge in [0.2, 0.25) is 6.79 Å². The summed E-state index contributed by atoms with van der Waals surface area (Å²) in [5.41, 5.74) is 1.63. The number of hydrogen-bond donors (Lipinski definition) is 1.